The Morgan fingerprint density at radius 3 is 2.71 bits per heavy atom. The first kappa shape index (κ1) is 13.8. The van der Waals surface area contributed by atoms with Gasteiger partial charge >= 0.3 is 0 Å². The normalized spacial score (nSPS) is 12.5. The van der Waals surface area contributed by atoms with Crippen LogP contribution in [0.4, 0.5) is 0 Å². The van der Waals surface area contributed by atoms with E-state index in [1.807, 2.05) is 25.9 Å². The van der Waals surface area contributed by atoms with Crippen molar-refractivity contribution in [3.8, 4) is 5.75 Å². The van der Waals surface area contributed by atoms with E-state index in [9.17, 15) is 9.90 Å². The highest BCUT2D eigenvalue weighted by atomic mass is 35.5. The van der Waals surface area contributed by atoms with Crippen LogP contribution in [-0.2, 0) is 0 Å². The highest BCUT2D eigenvalue weighted by Gasteiger charge is 2.14. The van der Waals surface area contributed by atoms with Crippen LogP contribution in [0.3, 0.4) is 0 Å². The highest BCUT2D eigenvalue weighted by Crippen LogP contribution is 2.21. The number of rotatable bonds is 4. The van der Waals surface area contributed by atoms with Gasteiger partial charge in [-0.05, 0) is 39.2 Å². The van der Waals surface area contributed by atoms with Crippen LogP contribution < -0.4 is 5.32 Å². The molecule has 0 saturated heterocycles. The molecule has 0 aromatic heterocycles. The van der Waals surface area contributed by atoms with E-state index in [1.165, 1.54) is 12.1 Å². The van der Waals surface area contributed by atoms with E-state index < -0.39 is 0 Å². The van der Waals surface area contributed by atoms with Crippen LogP contribution >= 0.6 is 11.6 Å². The van der Waals surface area contributed by atoms with Gasteiger partial charge in [0.25, 0.3) is 5.91 Å². The van der Waals surface area contributed by atoms with Gasteiger partial charge in [0.2, 0.25) is 0 Å². The molecule has 1 rings (SSSR count). The Morgan fingerprint density at radius 1 is 1.53 bits per heavy atom. The van der Waals surface area contributed by atoms with Gasteiger partial charge in [-0.3, -0.25) is 4.79 Å². The van der Waals surface area contributed by atoms with Crippen LogP contribution in [0, 0.1) is 0 Å². The maximum atomic E-state index is 11.8. The summed E-state index contributed by atoms with van der Waals surface area (Å²) in [5.41, 5.74) is 0.236. The minimum Gasteiger partial charge on any atom is -0.507 e. The van der Waals surface area contributed by atoms with Crippen LogP contribution in [0.15, 0.2) is 18.2 Å². The van der Waals surface area contributed by atoms with E-state index in [-0.39, 0.29) is 23.3 Å². The zero-order valence-corrected chi connectivity index (χ0v) is 11.0. The highest BCUT2D eigenvalue weighted by molar-refractivity contribution is 6.30. The molecule has 0 aliphatic rings. The van der Waals surface area contributed by atoms with Crippen LogP contribution in [0.2, 0.25) is 5.02 Å². The Labute approximate surface area is 106 Å². The fourth-order valence-corrected chi connectivity index (χ4v) is 1.76. The third-order valence-corrected chi connectivity index (χ3v) is 2.46. The summed E-state index contributed by atoms with van der Waals surface area (Å²) in [4.78, 5) is 13.8. The fraction of sp³-hybridized carbons (Fsp3) is 0.417. The number of phenols is 1. The molecule has 0 fully saturated rings. The molecule has 0 spiro atoms. The molecule has 4 nitrogen and oxygen atoms in total. The number of halogens is 1. The Kier molecular flexibility index (Phi) is 4.78. The summed E-state index contributed by atoms with van der Waals surface area (Å²) >= 11 is 5.70. The van der Waals surface area contributed by atoms with Gasteiger partial charge < -0.3 is 15.3 Å². The fourth-order valence-electron chi connectivity index (χ4n) is 1.59. The number of hydrogen-bond acceptors (Lipinski definition) is 3. The van der Waals surface area contributed by atoms with Crippen LogP contribution in [-0.4, -0.2) is 42.6 Å². The Bertz CT molecular complexity index is 407. The molecule has 0 heterocycles. The van der Waals surface area contributed by atoms with Gasteiger partial charge in [-0.15, -0.1) is 0 Å². The van der Waals surface area contributed by atoms with Crippen LogP contribution in [0.25, 0.3) is 0 Å². The molecule has 5 heteroatoms. The van der Waals surface area contributed by atoms with Gasteiger partial charge in [-0.1, -0.05) is 11.6 Å². The van der Waals surface area contributed by atoms with Crippen LogP contribution in [0.1, 0.15) is 17.3 Å². The molecule has 0 radical (unpaired) electrons. The third-order valence-electron chi connectivity index (χ3n) is 2.22. The van der Waals surface area contributed by atoms with Gasteiger partial charge in [0, 0.05) is 17.6 Å². The van der Waals surface area contributed by atoms with Crippen molar-refractivity contribution in [2.75, 3.05) is 20.6 Å². The van der Waals surface area contributed by atoms with Gasteiger partial charge in [0.05, 0.1) is 5.56 Å². The zero-order chi connectivity index (χ0) is 13.0. The lowest BCUT2D eigenvalue weighted by molar-refractivity contribution is 0.0931. The standard InChI is InChI=1S/C12H17ClN2O2/c1-8(7-15(2)3)14-12(17)10-5-4-9(13)6-11(10)16/h4-6,8,16H,7H2,1-3H3,(H,14,17). The molecule has 1 atom stereocenters. The van der Waals surface area contributed by atoms with Gasteiger partial charge in [-0.2, -0.15) is 0 Å². The van der Waals surface area contributed by atoms with Crippen molar-refractivity contribution in [2.24, 2.45) is 0 Å². The summed E-state index contributed by atoms with van der Waals surface area (Å²) < 4.78 is 0. The molecule has 1 aromatic rings. The minimum absolute atomic E-state index is 0.00702. The van der Waals surface area contributed by atoms with E-state index in [4.69, 9.17) is 11.6 Å². The Hall–Kier alpha value is -1.26. The number of phenolic OH excluding ortho intramolecular Hbond substituents is 1. The molecule has 0 aliphatic heterocycles. The molecule has 0 aliphatic carbocycles. The van der Waals surface area contributed by atoms with Crippen molar-refractivity contribution in [3.05, 3.63) is 28.8 Å². The molecular formula is C12H17ClN2O2. The first-order chi connectivity index (χ1) is 7.90. The summed E-state index contributed by atoms with van der Waals surface area (Å²) in [6.07, 6.45) is 0. The number of amides is 1. The summed E-state index contributed by atoms with van der Waals surface area (Å²) in [5.74, 6) is -0.402. The van der Waals surface area contributed by atoms with Crippen molar-refractivity contribution in [1.29, 1.82) is 0 Å². The number of carbonyl (C=O) groups is 1. The first-order valence-corrected chi connectivity index (χ1v) is 5.72. The maximum absolute atomic E-state index is 11.8. The predicted molar refractivity (Wildman–Crippen MR) is 68.6 cm³/mol. The largest absolute Gasteiger partial charge is 0.507 e. The van der Waals surface area contributed by atoms with Crippen LogP contribution in [0.5, 0.6) is 5.75 Å². The number of nitrogens with one attached hydrogen (secondary N) is 1. The lowest BCUT2D eigenvalue weighted by Crippen LogP contribution is -2.39. The van der Waals surface area contributed by atoms with Gasteiger partial charge in [0.1, 0.15) is 5.75 Å². The van der Waals surface area contributed by atoms with E-state index in [1.54, 1.807) is 6.07 Å². The number of aromatic hydroxyl groups is 1. The molecule has 94 valence electrons. The average Bonchev–Trinajstić information content (AvgIpc) is 2.15. The number of hydrogen-bond donors (Lipinski definition) is 2. The summed E-state index contributed by atoms with van der Waals surface area (Å²) in [5, 5.41) is 12.8. The quantitative estimate of drug-likeness (QED) is 0.863. The molecule has 17 heavy (non-hydrogen) atoms. The monoisotopic (exact) mass is 256 g/mol. The summed E-state index contributed by atoms with van der Waals surface area (Å²) in [6, 6.07) is 4.45. The topological polar surface area (TPSA) is 52.6 Å². The lowest BCUT2D eigenvalue weighted by atomic mass is 10.1. The maximum Gasteiger partial charge on any atom is 0.255 e. The minimum atomic E-state index is -0.298. The second-order valence-corrected chi connectivity index (χ2v) is 4.73. The van der Waals surface area contributed by atoms with E-state index in [2.05, 4.69) is 5.32 Å². The second kappa shape index (κ2) is 5.89. The van der Waals surface area contributed by atoms with Gasteiger partial charge in [0.15, 0.2) is 0 Å². The van der Waals surface area contributed by atoms with Crippen molar-refractivity contribution in [3.63, 3.8) is 0 Å². The van der Waals surface area contributed by atoms with E-state index in [0.29, 0.717) is 5.02 Å². The van der Waals surface area contributed by atoms with Crippen molar-refractivity contribution in [1.82, 2.24) is 10.2 Å². The van der Waals surface area contributed by atoms with E-state index in [0.717, 1.165) is 6.54 Å². The van der Waals surface area contributed by atoms with E-state index >= 15 is 0 Å². The predicted octanol–water partition coefficient (Wildman–Crippen LogP) is 1.73. The molecule has 1 unspecified atom stereocenters. The zero-order valence-electron chi connectivity index (χ0n) is 10.2. The number of carbonyl (C=O) groups excluding carboxylic acids is 1. The summed E-state index contributed by atoms with van der Waals surface area (Å²) in [6.45, 7) is 2.64. The molecule has 2 N–H and O–H groups in total. The van der Waals surface area contributed by atoms with Crippen molar-refractivity contribution < 1.29 is 9.90 Å². The number of benzene rings is 1. The molecule has 0 saturated carbocycles. The van der Waals surface area contributed by atoms with Gasteiger partial charge in [-0.25, -0.2) is 0 Å². The second-order valence-electron chi connectivity index (χ2n) is 4.30. The Morgan fingerprint density at radius 2 is 2.18 bits per heavy atom. The molecule has 1 amide bonds. The first-order valence-electron chi connectivity index (χ1n) is 5.34. The molecule has 0 bridgehead atoms. The average molecular weight is 257 g/mol. The summed E-state index contributed by atoms with van der Waals surface area (Å²) in [7, 11) is 3.87. The smallest absolute Gasteiger partial charge is 0.255 e. The number of nitrogens with zero attached hydrogens (tertiary/aromatic N) is 1. The molecule has 1 aromatic carbocycles. The number of likely N-dealkylation sites (N-methyl/N-ethyl adjacent to an activating group) is 1. The lowest BCUT2D eigenvalue weighted by Gasteiger charge is -2.18. The van der Waals surface area contributed by atoms with Crippen molar-refractivity contribution >= 4 is 17.5 Å². The SMILES string of the molecule is CC(CN(C)C)NC(=O)c1ccc(Cl)cc1O. The molecular weight excluding hydrogens is 240 g/mol. The van der Waals surface area contributed by atoms with Crippen molar-refractivity contribution in [2.45, 2.75) is 13.0 Å². The Balaban J connectivity index is 2.70. The third kappa shape index (κ3) is 4.24.